The first-order valence-corrected chi connectivity index (χ1v) is 12.2. The van der Waals surface area contributed by atoms with Crippen LogP contribution in [-0.2, 0) is 4.79 Å². The van der Waals surface area contributed by atoms with Gasteiger partial charge in [0.15, 0.2) is 0 Å². The molecule has 1 saturated carbocycles. The zero-order chi connectivity index (χ0) is 22.8. The van der Waals surface area contributed by atoms with E-state index in [1.54, 1.807) is 0 Å². The second-order valence-corrected chi connectivity index (χ2v) is 9.60. The van der Waals surface area contributed by atoms with Crippen LogP contribution in [0.25, 0.3) is 0 Å². The Balaban J connectivity index is 1.16. The molecular formula is C27H33N3O3. The number of nitrogens with zero attached hydrogens (tertiary/aromatic N) is 3. The van der Waals surface area contributed by atoms with Gasteiger partial charge in [0.1, 0.15) is 11.9 Å². The summed E-state index contributed by atoms with van der Waals surface area (Å²) in [5.74, 6) is 1.48. The van der Waals surface area contributed by atoms with Gasteiger partial charge in [-0.1, -0.05) is 30.3 Å². The summed E-state index contributed by atoms with van der Waals surface area (Å²) in [6, 6.07) is 18.2. The third-order valence-corrected chi connectivity index (χ3v) is 7.20. The Morgan fingerprint density at radius 1 is 0.818 bits per heavy atom. The van der Waals surface area contributed by atoms with Crippen LogP contribution >= 0.6 is 0 Å². The highest BCUT2D eigenvalue weighted by Gasteiger charge is 2.35. The third-order valence-electron chi connectivity index (χ3n) is 7.20. The Morgan fingerprint density at radius 2 is 1.52 bits per heavy atom. The lowest BCUT2D eigenvalue weighted by Gasteiger charge is -2.39. The van der Waals surface area contributed by atoms with Crippen LogP contribution < -0.4 is 4.74 Å². The van der Waals surface area contributed by atoms with Crippen molar-refractivity contribution in [3.8, 4) is 5.75 Å². The molecule has 2 aromatic carbocycles. The maximum atomic E-state index is 13.2. The van der Waals surface area contributed by atoms with Gasteiger partial charge in [-0.05, 0) is 49.7 Å². The molecule has 0 aromatic heterocycles. The minimum absolute atomic E-state index is 0.0717. The molecule has 6 nitrogen and oxygen atoms in total. The number of benzene rings is 2. The second kappa shape index (κ2) is 9.56. The molecule has 2 saturated heterocycles. The monoisotopic (exact) mass is 447 g/mol. The van der Waals surface area contributed by atoms with Crippen LogP contribution in [0.15, 0.2) is 54.6 Å². The highest BCUT2D eigenvalue weighted by molar-refractivity contribution is 5.94. The molecule has 0 radical (unpaired) electrons. The molecule has 1 unspecified atom stereocenters. The van der Waals surface area contributed by atoms with Gasteiger partial charge in [-0.2, -0.15) is 0 Å². The Bertz CT molecular complexity index is 966. The average molecular weight is 448 g/mol. The molecule has 1 aliphatic carbocycles. The normalized spacial score (nSPS) is 22.3. The molecule has 2 aromatic rings. The number of rotatable bonds is 5. The van der Waals surface area contributed by atoms with Crippen LogP contribution in [0.5, 0.6) is 5.75 Å². The summed E-state index contributed by atoms with van der Waals surface area (Å²) in [7, 11) is 2.12. The van der Waals surface area contributed by atoms with Crippen LogP contribution in [0, 0.1) is 5.92 Å². The van der Waals surface area contributed by atoms with E-state index in [1.165, 1.54) is 5.56 Å². The van der Waals surface area contributed by atoms with Crippen molar-refractivity contribution < 1.29 is 14.3 Å². The van der Waals surface area contributed by atoms with E-state index in [2.05, 4.69) is 36.2 Å². The third kappa shape index (κ3) is 5.06. The summed E-state index contributed by atoms with van der Waals surface area (Å²) < 4.78 is 6.16. The molecule has 33 heavy (non-hydrogen) atoms. The SMILES string of the molecule is CN1CCN(C(=O)c2ccc(OC3CCN(C(=O)C4CC4)CC3)cc2)CC1c1ccccc1. The van der Waals surface area contributed by atoms with E-state index in [0.717, 1.165) is 57.6 Å². The predicted molar refractivity (Wildman–Crippen MR) is 127 cm³/mol. The highest BCUT2D eigenvalue weighted by atomic mass is 16.5. The molecule has 6 heteroatoms. The summed E-state index contributed by atoms with van der Waals surface area (Å²) in [5.41, 5.74) is 1.94. The number of likely N-dealkylation sites (N-methyl/N-ethyl adjacent to an activating group) is 1. The Morgan fingerprint density at radius 3 is 2.18 bits per heavy atom. The number of piperazine rings is 1. The minimum Gasteiger partial charge on any atom is -0.490 e. The minimum atomic E-state index is 0.0717. The Labute approximate surface area is 196 Å². The number of hydrogen-bond donors (Lipinski definition) is 0. The summed E-state index contributed by atoms with van der Waals surface area (Å²) in [6.07, 6.45) is 3.96. The van der Waals surface area contributed by atoms with Gasteiger partial charge in [0.05, 0.1) is 6.04 Å². The van der Waals surface area contributed by atoms with E-state index in [0.29, 0.717) is 18.0 Å². The maximum absolute atomic E-state index is 13.2. The van der Waals surface area contributed by atoms with E-state index in [9.17, 15) is 9.59 Å². The number of amides is 2. The molecule has 3 aliphatic rings. The van der Waals surface area contributed by atoms with E-state index in [1.807, 2.05) is 40.1 Å². The molecule has 3 fully saturated rings. The standard InChI is InChI=1S/C27H33N3O3/c1-28-17-18-30(19-25(28)20-5-3-2-4-6-20)27(32)22-9-11-23(12-10-22)33-24-13-15-29(16-14-24)26(31)21-7-8-21/h2-6,9-12,21,24-25H,7-8,13-19H2,1H3. The molecule has 0 N–H and O–H groups in total. The number of likely N-dealkylation sites (tertiary alicyclic amines) is 1. The van der Waals surface area contributed by atoms with Crippen molar-refractivity contribution in [2.45, 2.75) is 37.8 Å². The van der Waals surface area contributed by atoms with Crippen molar-refractivity contribution >= 4 is 11.8 Å². The predicted octanol–water partition coefficient (Wildman–Crippen LogP) is 3.60. The number of carbonyl (C=O) groups is 2. The number of hydrogen-bond acceptors (Lipinski definition) is 4. The van der Waals surface area contributed by atoms with Gasteiger partial charge in [-0.25, -0.2) is 0 Å². The van der Waals surface area contributed by atoms with Gasteiger partial charge in [-0.3, -0.25) is 14.5 Å². The summed E-state index contributed by atoms with van der Waals surface area (Å²) in [4.78, 5) is 31.7. The number of carbonyl (C=O) groups excluding carboxylic acids is 2. The second-order valence-electron chi connectivity index (χ2n) is 9.60. The molecule has 2 aliphatic heterocycles. The zero-order valence-electron chi connectivity index (χ0n) is 19.4. The summed E-state index contributed by atoms with van der Waals surface area (Å²) >= 11 is 0. The van der Waals surface area contributed by atoms with Crippen molar-refractivity contribution in [1.82, 2.24) is 14.7 Å². The van der Waals surface area contributed by atoms with Crippen molar-refractivity contribution in [2.75, 3.05) is 39.8 Å². The summed E-state index contributed by atoms with van der Waals surface area (Å²) in [5, 5.41) is 0. The van der Waals surface area contributed by atoms with Crippen molar-refractivity contribution in [3.05, 3.63) is 65.7 Å². The largest absolute Gasteiger partial charge is 0.490 e. The van der Waals surface area contributed by atoms with Crippen LogP contribution in [0.1, 0.15) is 47.6 Å². The van der Waals surface area contributed by atoms with Crippen LogP contribution in [0.3, 0.4) is 0 Å². The lowest BCUT2D eigenvalue weighted by molar-refractivity contribution is -0.134. The molecular weight excluding hydrogens is 414 g/mol. The molecule has 2 amide bonds. The van der Waals surface area contributed by atoms with Gasteiger partial charge in [-0.15, -0.1) is 0 Å². The van der Waals surface area contributed by atoms with Gasteiger partial charge in [0, 0.05) is 57.0 Å². The number of piperidine rings is 1. The van der Waals surface area contributed by atoms with Crippen molar-refractivity contribution in [3.63, 3.8) is 0 Å². The fraction of sp³-hybridized carbons (Fsp3) is 0.481. The maximum Gasteiger partial charge on any atom is 0.253 e. The van der Waals surface area contributed by atoms with E-state index in [4.69, 9.17) is 4.74 Å². The quantitative estimate of drug-likeness (QED) is 0.703. The van der Waals surface area contributed by atoms with Gasteiger partial charge >= 0.3 is 0 Å². The van der Waals surface area contributed by atoms with Crippen LogP contribution in [0.4, 0.5) is 0 Å². The van der Waals surface area contributed by atoms with E-state index >= 15 is 0 Å². The van der Waals surface area contributed by atoms with E-state index in [-0.39, 0.29) is 24.0 Å². The van der Waals surface area contributed by atoms with Gasteiger partial charge in [0.2, 0.25) is 5.91 Å². The molecule has 0 bridgehead atoms. The number of ether oxygens (including phenoxy) is 1. The fourth-order valence-corrected chi connectivity index (χ4v) is 4.93. The zero-order valence-corrected chi connectivity index (χ0v) is 19.4. The van der Waals surface area contributed by atoms with Crippen LogP contribution in [-0.4, -0.2) is 72.4 Å². The smallest absolute Gasteiger partial charge is 0.253 e. The Hall–Kier alpha value is -2.86. The highest BCUT2D eigenvalue weighted by Crippen LogP contribution is 2.32. The molecule has 1 atom stereocenters. The summed E-state index contributed by atoms with van der Waals surface area (Å²) in [6.45, 7) is 3.84. The van der Waals surface area contributed by atoms with Crippen molar-refractivity contribution in [2.24, 2.45) is 5.92 Å². The fourth-order valence-electron chi connectivity index (χ4n) is 4.93. The lowest BCUT2D eigenvalue weighted by atomic mass is 10.0. The molecule has 2 heterocycles. The first-order chi connectivity index (χ1) is 16.1. The lowest BCUT2D eigenvalue weighted by Crippen LogP contribution is -2.49. The Kier molecular flexibility index (Phi) is 6.36. The topological polar surface area (TPSA) is 53.1 Å². The first-order valence-electron chi connectivity index (χ1n) is 12.2. The van der Waals surface area contributed by atoms with E-state index < -0.39 is 0 Å². The van der Waals surface area contributed by atoms with Crippen molar-refractivity contribution in [1.29, 1.82) is 0 Å². The van der Waals surface area contributed by atoms with Gasteiger partial charge < -0.3 is 14.5 Å². The molecule has 0 spiro atoms. The molecule has 5 rings (SSSR count). The molecule has 174 valence electrons. The van der Waals surface area contributed by atoms with Crippen LogP contribution in [0.2, 0.25) is 0 Å². The van der Waals surface area contributed by atoms with Gasteiger partial charge in [0.25, 0.3) is 5.91 Å². The first kappa shape index (κ1) is 22.0. The average Bonchev–Trinajstić information content (AvgIpc) is 3.71.